The molecule has 0 aliphatic carbocycles. The molecule has 6 heteroatoms. The number of hydrogen-bond donors (Lipinski definition) is 1. The smallest absolute Gasteiger partial charge is 0.292 e. The SMILES string of the molecule is COCc1cc(N)c([N+](=O)[O-])cc1C=O. The van der Waals surface area contributed by atoms with E-state index in [1.165, 1.54) is 13.2 Å². The quantitative estimate of drug-likeness (QED) is 0.348. The van der Waals surface area contributed by atoms with E-state index in [-0.39, 0.29) is 23.5 Å². The van der Waals surface area contributed by atoms with Crippen molar-refractivity contribution in [3.05, 3.63) is 33.4 Å². The lowest BCUT2D eigenvalue weighted by Gasteiger charge is -2.05. The molecule has 0 bridgehead atoms. The van der Waals surface area contributed by atoms with Gasteiger partial charge in [-0.15, -0.1) is 0 Å². The second-order valence-electron chi connectivity index (χ2n) is 2.92. The third-order valence-electron chi connectivity index (χ3n) is 1.91. The van der Waals surface area contributed by atoms with E-state index < -0.39 is 4.92 Å². The standard InChI is InChI=1S/C9H10N2O4/c1-15-5-7-2-8(10)9(11(13)14)3-6(7)4-12/h2-4H,5,10H2,1H3. The Morgan fingerprint density at radius 1 is 1.60 bits per heavy atom. The Labute approximate surface area is 85.8 Å². The highest BCUT2D eigenvalue weighted by Crippen LogP contribution is 2.25. The molecule has 0 amide bonds. The lowest BCUT2D eigenvalue weighted by Crippen LogP contribution is -2.01. The Morgan fingerprint density at radius 2 is 2.27 bits per heavy atom. The van der Waals surface area contributed by atoms with Crippen molar-refractivity contribution in [1.29, 1.82) is 0 Å². The minimum atomic E-state index is -0.626. The molecule has 0 radical (unpaired) electrons. The van der Waals surface area contributed by atoms with E-state index in [0.717, 1.165) is 6.07 Å². The largest absolute Gasteiger partial charge is 0.393 e. The van der Waals surface area contributed by atoms with Gasteiger partial charge in [-0.3, -0.25) is 14.9 Å². The highest BCUT2D eigenvalue weighted by atomic mass is 16.6. The van der Waals surface area contributed by atoms with Crippen LogP contribution < -0.4 is 5.73 Å². The van der Waals surface area contributed by atoms with Crippen LogP contribution in [-0.4, -0.2) is 18.3 Å². The first-order valence-corrected chi connectivity index (χ1v) is 4.11. The zero-order valence-electron chi connectivity index (χ0n) is 8.10. The Balaban J connectivity index is 3.28. The van der Waals surface area contributed by atoms with E-state index in [0.29, 0.717) is 11.8 Å². The lowest BCUT2D eigenvalue weighted by atomic mass is 10.1. The van der Waals surface area contributed by atoms with Crippen LogP contribution in [-0.2, 0) is 11.3 Å². The van der Waals surface area contributed by atoms with Crippen LogP contribution in [0.4, 0.5) is 11.4 Å². The molecular weight excluding hydrogens is 200 g/mol. The molecule has 0 unspecified atom stereocenters. The van der Waals surface area contributed by atoms with Crippen LogP contribution in [0.2, 0.25) is 0 Å². The molecule has 0 atom stereocenters. The Kier molecular flexibility index (Phi) is 3.35. The lowest BCUT2D eigenvalue weighted by molar-refractivity contribution is -0.383. The molecule has 2 N–H and O–H groups in total. The number of rotatable bonds is 4. The van der Waals surface area contributed by atoms with Crippen molar-refractivity contribution >= 4 is 17.7 Å². The van der Waals surface area contributed by atoms with Gasteiger partial charge in [-0.25, -0.2) is 0 Å². The molecular formula is C9H10N2O4. The normalized spacial score (nSPS) is 9.93. The molecule has 15 heavy (non-hydrogen) atoms. The first kappa shape index (κ1) is 11.1. The number of aldehydes is 1. The summed E-state index contributed by atoms with van der Waals surface area (Å²) >= 11 is 0. The molecule has 0 saturated carbocycles. The molecule has 80 valence electrons. The molecule has 0 fully saturated rings. The molecule has 0 saturated heterocycles. The molecule has 1 aromatic carbocycles. The van der Waals surface area contributed by atoms with Crippen molar-refractivity contribution in [1.82, 2.24) is 0 Å². The molecule has 0 aliphatic heterocycles. The summed E-state index contributed by atoms with van der Waals surface area (Å²) in [5.74, 6) is 0. The van der Waals surface area contributed by atoms with Gasteiger partial charge in [0.05, 0.1) is 11.5 Å². The van der Waals surface area contributed by atoms with Gasteiger partial charge in [-0.2, -0.15) is 0 Å². The summed E-state index contributed by atoms with van der Waals surface area (Å²) in [6.45, 7) is 0.191. The highest BCUT2D eigenvalue weighted by Gasteiger charge is 2.15. The topological polar surface area (TPSA) is 95.5 Å². The fraction of sp³-hybridized carbons (Fsp3) is 0.222. The van der Waals surface area contributed by atoms with Gasteiger partial charge in [-0.05, 0) is 11.6 Å². The average Bonchev–Trinajstić information content (AvgIpc) is 2.18. The summed E-state index contributed by atoms with van der Waals surface area (Å²) < 4.78 is 4.84. The zero-order chi connectivity index (χ0) is 11.4. The number of carbonyl (C=O) groups is 1. The highest BCUT2D eigenvalue weighted by molar-refractivity contribution is 5.81. The van der Waals surface area contributed by atoms with Gasteiger partial charge >= 0.3 is 0 Å². The monoisotopic (exact) mass is 210 g/mol. The summed E-state index contributed by atoms with van der Waals surface area (Å²) in [6, 6.07) is 2.53. The van der Waals surface area contributed by atoms with E-state index in [1.54, 1.807) is 0 Å². The van der Waals surface area contributed by atoms with E-state index in [4.69, 9.17) is 10.5 Å². The molecule has 6 nitrogen and oxygen atoms in total. The number of nitro benzene ring substituents is 1. The second kappa shape index (κ2) is 4.52. The van der Waals surface area contributed by atoms with Gasteiger partial charge < -0.3 is 10.5 Å². The number of carbonyl (C=O) groups excluding carboxylic acids is 1. The number of nitro groups is 1. The maximum Gasteiger partial charge on any atom is 0.292 e. The first-order valence-electron chi connectivity index (χ1n) is 4.11. The van der Waals surface area contributed by atoms with Crippen molar-refractivity contribution in [3.63, 3.8) is 0 Å². The number of methoxy groups -OCH3 is 1. The zero-order valence-corrected chi connectivity index (χ0v) is 8.10. The predicted octanol–water partition coefficient (Wildman–Crippen LogP) is 1.14. The number of ether oxygens (including phenoxy) is 1. The van der Waals surface area contributed by atoms with E-state index in [1.807, 2.05) is 0 Å². The Morgan fingerprint density at radius 3 is 2.73 bits per heavy atom. The van der Waals surface area contributed by atoms with Crippen LogP contribution in [0.3, 0.4) is 0 Å². The predicted molar refractivity (Wildman–Crippen MR) is 53.6 cm³/mol. The third kappa shape index (κ3) is 2.29. The van der Waals surface area contributed by atoms with Crippen molar-refractivity contribution in [2.45, 2.75) is 6.61 Å². The van der Waals surface area contributed by atoms with Gasteiger partial charge in [0.25, 0.3) is 5.69 Å². The molecule has 1 aromatic rings. The molecule has 0 spiro atoms. The van der Waals surface area contributed by atoms with Gasteiger partial charge in [0, 0.05) is 18.7 Å². The van der Waals surface area contributed by atoms with E-state index >= 15 is 0 Å². The average molecular weight is 210 g/mol. The maximum atomic E-state index is 10.7. The molecule has 0 aliphatic rings. The Hall–Kier alpha value is -1.95. The van der Waals surface area contributed by atoms with E-state index in [9.17, 15) is 14.9 Å². The summed E-state index contributed by atoms with van der Waals surface area (Å²) in [5, 5.41) is 10.5. The summed E-state index contributed by atoms with van der Waals surface area (Å²) in [6.07, 6.45) is 0.542. The number of anilines is 1. The van der Waals surface area contributed by atoms with Gasteiger partial charge in [-0.1, -0.05) is 0 Å². The molecule has 0 aromatic heterocycles. The van der Waals surface area contributed by atoms with E-state index in [2.05, 4.69) is 0 Å². The van der Waals surface area contributed by atoms with Crippen molar-refractivity contribution < 1.29 is 14.5 Å². The van der Waals surface area contributed by atoms with Crippen LogP contribution in [0.15, 0.2) is 12.1 Å². The fourth-order valence-electron chi connectivity index (χ4n) is 1.22. The van der Waals surface area contributed by atoms with Crippen LogP contribution >= 0.6 is 0 Å². The number of hydrogen-bond acceptors (Lipinski definition) is 5. The first-order chi connectivity index (χ1) is 7.10. The molecule has 0 heterocycles. The number of nitrogen functional groups attached to an aromatic ring is 1. The minimum absolute atomic E-state index is 0.0256. The third-order valence-corrected chi connectivity index (χ3v) is 1.91. The van der Waals surface area contributed by atoms with Crippen LogP contribution in [0.5, 0.6) is 0 Å². The number of benzene rings is 1. The maximum absolute atomic E-state index is 10.7. The van der Waals surface area contributed by atoms with Crippen LogP contribution in [0.25, 0.3) is 0 Å². The number of nitrogens with two attached hydrogens (primary N) is 1. The van der Waals surface area contributed by atoms with Crippen molar-refractivity contribution in [2.75, 3.05) is 12.8 Å². The van der Waals surface area contributed by atoms with Crippen LogP contribution in [0, 0.1) is 10.1 Å². The summed E-state index contributed by atoms with van der Waals surface area (Å²) in [5.41, 5.74) is 5.98. The molecule has 1 rings (SSSR count). The summed E-state index contributed by atoms with van der Waals surface area (Å²) in [7, 11) is 1.46. The fourth-order valence-corrected chi connectivity index (χ4v) is 1.22. The van der Waals surface area contributed by atoms with Crippen molar-refractivity contribution in [3.8, 4) is 0 Å². The number of nitrogens with zero attached hydrogens (tertiary/aromatic N) is 1. The Bertz CT molecular complexity index is 403. The van der Waals surface area contributed by atoms with Crippen molar-refractivity contribution in [2.24, 2.45) is 0 Å². The second-order valence-corrected chi connectivity index (χ2v) is 2.92. The minimum Gasteiger partial charge on any atom is -0.393 e. The summed E-state index contributed by atoms with van der Waals surface area (Å²) in [4.78, 5) is 20.6. The van der Waals surface area contributed by atoms with Crippen LogP contribution in [0.1, 0.15) is 15.9 Å². The van der Waals surface area contributed by atoms with Gasteiger partial charge in [0.1, 0.15) is 5.69 Å². The van der Waals surface area contributed by atoms with Gasteiger partial charge in [0.15, 0.2) is 6.29 Å². The van der Waals surface area contributed by atoms with Gasteiger partial charge in [0.2, 0.25) is 0 Å².